The number of nitrogens with one attached hydrogen (secondary N) is 2. The molecule has 0 saturated heterocycles. The Balaban J connectivity index is 2.72. The van der Waals surface area contributed by atoms with Gasteiger partial charge in [-0.25, -0.2) is 0 Å². The van der Waals surface area contributed by atoms with Crippen molar-refractivity contribution in [3.8, 4) is 0 Å². The fourth-order valence-corrected chi connectivity index (χ4v) is 1.10. The van der Waals surface area contributed by atoms with Crippen LogP contribution in [-0.2, 0) is 0 Å². The van der Waals surface area contributed by atoms with E-state index in [9.17, 15) is 0 Å². The fraction of sp³-hybridized carbons (Fsp3) is 1.00. The lowest BCUT2D eigenvalue weighted by Gasteiger charge is -2.10. The topological polar surface area (TPSA) is 27.3 Å². The van der Waals surface area contributed by atoms with Crippen LogP contribution in [0.4, 0.5) is 0 Å². The smallest absolute Gasteiger partial charge is 0.0764 e. The molecule has 0 amide bonds. The highest BCUT2D eigenvalue weighted by Crippen LogP contribution is 1.59. The fourth-order valence-electron chi connectivity index (χ4n) is 0.405. The molecule has 0 aromatic carbocycles. The Morgan fingerprint density at radius 1 is 1.38 bits per heavy atom. The summed E-state index contributed by atoms with van der Waals surface area (Å²) >= 11 is 0. The molecule has 3 nitrogen and oxygen atoms in total. The van der Waals surface area contributed by atoms with E-state index in [1.807, 2.05) is 0 Å². The van der Waals surface area contributed by atoms with Crippen LogP contribution in [0.5, 0.6) is 0 Å². The van der Waals surface area contributed by atoms with Crippen LogP contribution in [0.3, 0.4) is 0 Å². The van der Waals surface area contributed by atoms with Crippen LogP contribution in [0.25, 0.3) is 0 Å². The van der Waals surface area contributed by atoms with Crippen LogP contribution in [0.1, 0.15) is 0 Å². The van der Waals surface area contributed by atoms with Crippen molar-refractivity contribution in [2.75, 3.05) is 13.3 Å². The summed E-state index contributed by atoms with van der Waals surface area (Å²) in [6.07, 6.45) is 0. The highest BCUT2D eigenvalue weighted by atomic mass is 28.2. The van der Waals surface area contributed by atoms with E-state index in [1.165, 1.54) is 20.8 Å². The third-order valence-corrected chi connectivity index (χ3v) is 1.72. The van der Waals surface area contributed by atoms with Crippen LogP contribution < -0.4 is 10.3 Å². The molecule has 0 heterocycles. The van der Waals surface area contributed by atoms with Crippen molar-refractivity contribution in [2.45, 2.75) is 0 Å². The molecule has 0 fully saturated rings. The Kier molecular flexibility index (Phi) is 6.04. The lowest BCUT2D eigenvalue weighted by molar-refractivity contribution is 0.564. The molecule has 8 heavy (non-hydrogen) atoms. The van der Waals surface area contributed by atoms with Gasteiger partial charge in [0.05, 0.1) is 31.2 Å². The first kappa shape index (κ1) is 8.53. The van der Waals surface area contributed by atoms with Crippen LogP contribution in [0.2, 0.25) is 0 Å². The minimum absolute atomic E-state index is 0.979. The third kappa shape index (κ3) is 6.53. The van der Waals surface area contributed by atoms with Gasteiger partial charge in [-0.15, -0.1) is 0 Å². The Morgan fingerprint density at radius 2 is 2.00 bits per heavy atom. The maximum absolute atomic E-state index is 3.25. The van der Waals surface area contributed by atoms with E-state index < -0.39 is 0 Å². The van der Waals surface area contributed by atoms with Gasteiger partial charge in [-0.2, -0.15) is 0 Å². The molecule has 0 atom stereocenters. The molecular weight excluding hydrogens is 150 g/mol. The largest absolute Gasteiger partial charge is 0.349 e. The van der Waals surface area contributed by atoms with E-state index in [-0.39, 0.29) is 0 Å². The highest BCUT2D eigenvalue weighted by Gasteiger charge is 1.82. The van der Waals surface area contributed by atoms with Crippen molar-refractivity contribution in [3.05, 3.63) is 0 Å². The number of rotatable bonds is 4. The Morgan fingerprint density at radius 3 is 2.38 bits per heavy atom. The summed E-state index contributed by atoms with van der Waals surface area (Å²) < 4.78 is 2.37. The molecule has 0 spiro atoms. The van der Waals surface area contributed by atoms with E-state index in [2.05, 4.69) is 14.5 Å². The Hall–Kier alpha value is 0.531. The summed E-state index contributed by atoms with van der Waals surface area (Å²) in [6.45, 7) is 2.06. The Bertz CT molecular complexity index is 49.8. The van der Waals surface area contributed by atoms with E-state index in [0.717, 1.165) is 23.7 Å². The highest BCUT2D eigenvalue weighted by molar-refractivity contribution is 6.24. The minimum Gasteiger partial charge on any atom is -0.349 e. The van der Waals surface area contributed by atoms with Crippen molar-refractivity contribution in [3.63, 3.8) is 0 Å². The number of nitrogens with zero attached hydrogens (tertiary/aromatic N) is 1. The van der Waals surface area contributed by atoms with E-state index in [4.69, 9.17) is 0 Å². The van der Waals surface area contributed by atoms with Gasteiger partial charge < -0.3 is 9.21 Å². The number of hydrogen-bond donors (Lipinski definition) is 2. The predicted octanol–water partition coefficient (Wildman–Crippen LogP) is -4.78. The molecular formula is C2H15N3Si3. The summed E-state index contributed by atoms with van der Waals surface area (Å²) in [4.78, 5) is 3.16. The second-order valence-electron chi connectivity index (χ2n) is 2.02. The molecule has 0 saturated carbocycles. The van der Waals surface area contributed by atoms with Gasteiger partial charge in [0.2, 0.25) is 0 Å². The van der Waals surface area contributed by atoms with Gasteiger partial charge in [0, 0.05) is 13.3 Å². The molecule has 0 aliphatic rings. The molecule has 0 aliphatic heterocycles. The second kappa shape index (κ2) is 5.66. The zero-order valence-corrected chi connectivity index (χ0v) is 11.9. The van der Waals surface area contributed by atoms with Gasteiger partial charge in [0.15, 0.2) is 0 Å². The van der Waals surface area contributed by atoms with Crippen LogP contribution in [0.15, 0.2) is 0 Å². The third-order valence-electron chi connectivity index (χ3n) is 0.730. The summed E-state index contributed by atoms with van der Waals surface area (Å²) in [5.74, 6) is 0. The molecule has 0 aromatic rings. The van der Waals surface area contributed by atoms with Gasteiger partial charge in [-0.1, -0.05) is 0 Å². The average Bonchev–Trinajstić information content (AvgIpc) is 1.66. The van der Waals surface area contributed by atoms with Crippen LogP contribution in [0, 0.1) is 0 Å². The van der Waals surface area contributed by atoms with Crippen molar-refractivity contribution in [1.29, 1.82) is 0 Å². The van der Waals surface area contributed by atoms with Gasteiger partial charge in [-0.05, 0) is 0 Å². The molecule has 0 unspecified atom stereocenters. The molecule has 6 heteroatoms. The van der Waals surface area contributed by atoms with E-state index in [1.54, 1.807) is 0 Å². The summed E-state index contributed by atoms with van der Waals surface area (Å²) in [7, 11) is 3.49. The van der Waals surface area contributed by atoms with Gasteiger partial charge in [-0.3, -0.25) is 5.32 Å². The SMILES string of the molecule is [SiH3]NCNCN([SiH3])[SiH3]. The van der Waals surface area contributed by atoms with Crippen LogP contribution in [-0.4, -0.2) is 48.8 Å². The predicted molar refractivity (Wildman–Crippen MR) is 47.7 cm³/mol. The normalized spacial score (nSPS) is 11.6. The van der Waals surface area contributed by atoms with Gasteiger partial charge in [0.1, 0.15) is 0 Å². The molecule has 0 bridgehead atoms. The Labute approximate surface area is 59.7 Å². The number of hydrogen-bond acceptors (Lipinski definition) is 3. The lowest BCUT2D eigenvalue weighted by atomic mass is 11.0. The van der Waals surface area contributed by atoms with Crippen molar-refractivity contribution < 1.29 is 0 Å². The second-order valence-corrected chi connectivity index (χ2v) is 7.57. The average molecular weight is 165 g/mol. The first-order valence-electron chi connectivity index (χ1n) is 2.77. The molecule has 0 rings (SSSR count). The first-order valence-corrected chi connectivity index (χ1v) is 5.56. The van der Waals surface area contributed by atoms with Crippen molar-refractivity contribution >= 4 is 31.2 Å². The van der Waals surface area contributed by atoms with Crippen molar-refractivity contribution in [1.82, 2.24) is 14.5 Å². The summed E-state index contributed by atoms with van der Waals surface area (Å²) in [5.41, 5.74) is 0. The molecule has 0 aliphatic carbocycles. The first-order chi connectivity index (χ1) is 3.77. The van der Waals surface area contributed by atoms with E-state index in [0.29, 0.717) is 0 Å². The minimum atomic E-state index is 0.979. The molecule has 0 radical (unpaired) electrons. The van der Waals surface area contributed by atoms with Gasteiger partial charge in [0.25, 0.3) is 0 Å². The zero-order valence-electron chi connectivity index (χ0n) is 5.86. The van der Waals surface area contributed by atoms with E-state index >= 15 is 0 Å². The summed E-state index contributed by atoms with van der Waals surface area (Å²) in [5, 5.41) is 3.25. The van der Waals surface area contributed by atoms with Gasteiger partial charge >= 0.3 is 0 Å². The van der Waals surface area contributed by atoms with Crippen molar-refractivity contribution in [2.24, 2.45) is 0 Å². The molecule has 0 aromatic heterocycles. The maximum Gasteiger partial charge on any atom is 0.0764 e. The van der Waals surface area contributed by atoms with Crippen LogP contribution >= 0.6 is 0 Å². The maximum atomic E-state index is 3.25. The standard InChI is InChI=1S/C2H15N3Si3/c6-4-1-3-2-5(7)8/h3-4H,1-2H2,6-8H3. The monoisotopic (exact) mass is 165 g/mol. The molecule has 50 valence electrons. The quantitative estimate of drug-likeness (QED) is 0.249. The zero-order chi connectivity index (χ0) is 6.41. The lowest BCUT2D eigenvalue weighted by Crippen LogP contribution is -2.35. The summed E-state index contributed by atoms with van der Waals surface area (Å²) in [6, 6.07) is 0. The molecule has 2 N–H and O–H groups in total.